The van der Waals surface area contributed by atoms with Gasteiger partial charge in [-0.2, -0.15) is 13.2 Å². The van der Waals surface area contributed by atoms with Gasteiger partial charge < -0.3 is 5.11 Å². The maximum Gasteiger partial charge on any atom is 0.401 e. The molecular formula is C12H13F3INO2. The highest BCUT2D eigenvalue weighted by molar-refractivity contribution is 14.1. The molecule has 106 valence electrons. The molecule has 0 aromatic heterocycles. The molecule has 0 aliphatic carbocycles. The van der Waals surface area contributed by atoms with Gasteiger partial charge in [0.25, 0.3) is 0 Å². The monoisotopic (exact) mass is 387 g/mol. The van der Waals surface area contributed by atoms with Gasteiger partial charge in [0.2, 0.25) is 0 Å². The van der Waals surface area contributed by atoms with E-state index in [9.17, 15) is 18.0 Å². The average molecular weight is 387 g/mol. The molecule has 1 aromatic carbocycles. The Morgan fingerprint density at radius 3 is 2.32 bits per heavy atom. The molecule has 0 spiro atoms. The topological polar surface area (TPSA) is 40.5 Å². The number of benzene rings is 1. The van der Waals surface area contributed by atoms with E-state index in [2.05, 4.69) is 22.6 Å². The predicted octanol–water partition coefficient (Wildman–Crippen LogP) is 3.30. The van der Waals surface area contributed by atoms with Crippen LogP contribution in [0.4, 0.5) is 13.2 Å². The van der Waals surface area contributed by atoms with Crippen LogP contribution in [0.1, 0.15) is 18.5 Å². The first kappa shape index (κ1) is 16.2. The summed E-state index contributed by atoms with van der Waals surface area (Å²) in [4.78, 5) is 11.6. The molecular weight excluding hydrogens is 374 g/mol. The normalized spacial score (nSPS) is 13.6. The van der Waals surface area contributed by atoms with Crippen LogP contribution in [0.5, 0.6) is 0 Å². The van der Waals surface area contributed by atoms with Crippen LogP contribution in [-0.2, 0) is 4.79 Å². The van der Waals surface area contributed by atoms with E-state index in [1.165, 1.54) is 0 Å². The number of carboxylic acid groups (broad SMARTS) is 1. The van der Waals surface area contributed by atoms with Crippen molar-refractivity contribution in [1.29, 1.82) is 0 Å². The average Bonchev–Trinajstić information content (AvgIpc) is 2.25. The first-order chi connectivity index (χ1) is 8.69. The lowest BCUT2D eigenvalue weighted by molar-refractivity contribution is -0.157. The van der Waals surface area contributed by atoms with Crippen molar-refractivity contribution in [3.8, 4) is 0 Å². The van der Waals surface area contributed by atoms with E-state index in [4.69, 9.17) is 5.11 Å². The Morgan fingerprint density at radius 2 is 1.89 bits per heavy atom. The Kier molecular flexibility index (Phi) is 5.60. The maximum atomic E-state index is 12.5. The Bertz CT molecular complexity index is 434. The van der Waals surface area contributed by atoms with Crippen molar-refractivity contribution in [2.24, 2.45) is 0 Å². The summed E-state index contributed by atoms with van der Waals surface area (Å²) >= 11 is 2.09. The van der Waals surface area contributed by atoms with E-state index in [1.807, 2.05) is 0 Å². The van der Waals surface area contributed by atoms with Gasteiger partial charge in [-0.15, -0.1) is 0 Å². The number of aliphatic carboxylic acids is 1. The molecule has 3 nitrogen and oxygen atoms in total. The van der Waals surface area contributed by atoms with Gasteiger partial charge in [-0.25, -0.2) is 0 Å². The molecule has 1 unspecified atom stereocenters. The summed E-state index contributed by atoms with van der Waals surface area (Å²) in [6.45, 7) is -0.323. The van der Waals surface area contributed by atoms with Gasteiger partial charge in [0, 0.05) is 9.61 Å². The Morgan fingerprint density at radius 1 is 1.37 bits per heavy atom. The molecule has 0 aliphatic heterocycles. The summed E-state index contributed by atoms with van der Waals surface area (Å²) < 4.78 is 38.3. The number of nitrogens with zero attached hydrogens (tertiary/aromatic N) is 1. The van der Waals surface area contributed by atoms with Crippen LogP contribution in [0.3, 0.4) is 0 Å². The lowest BCUT2D eigenvalue weighted by Crippen LogP contribution is -2.39. The highest BCUT2D eigenvalue weighted by Gasteiger charge is 2.33. The number of hydrogen-bond acceptors (Lipinski definition) is 2. The Labute approximate surface area is 122 Å². The smallest absolute Gasteiger partial charge is 0.401 e. The number of halogens is 4. The van der Waals surface area contributed by atoms with Gasteiger partial charge in [-0.05, 0) is 47.2 Å². The zero-order chi connectivity index (χ0) is 14.6. The van der Waals surface area contributed by atoms with Crippen molar-refractivity contribution in [1.82, 2.24) is 4.90 Å². The molecule has 0 amide bonds. The number of hydrogen-bond donors (Lipinski definition) is 1. The van der Waals surface area contributed by atoms with Crippen molar-refractivity contribution in [3.05, 3.63) is 33.4 Å². The van der Waals surface area contributed by atoms with E-state index in [0.717, 1.165) is 8.47 Å². The number of rotatable bonds is 5. The quantitative estimate of drug-likeness (QED) is 0.789. The van der Waals surface area contributed by atoms with Crippen molar-refractivity contribution < 1.29 is 23.1 Å². The van der Waals surface area contributed by atoms with Gasteiger partial charge in [-0.1, -0.05) is 12.1 Å². The first-order valence-corrected chi connectivity index (χ1v) is 6.55. The molecule has 0 saturated carbocycles. The molecule has 7 heteroatoms. The van der Waals surface area contributed by atoms with Crippen LogP contribution in [-0.4, -0.2) is 35.2 Å². The predicted molar refractivity (Wildman–Crippen MR) is 72.8 cm³/mol. The molecule has 0 saturated heterocycles. The Hall–Kier alpha value is -0.830. The molecule has 0 fully saturated rings. The summed E-state index contributed by atoms with van der Waals surface area (Å²) in [5, 5.41) is 8.71. The zero-order valence-electron chi connectivity index (χ0n) is 10.1. The van der Waals surface area contributed by atoms with Gasteiger partial charge >= 0.3 is 12.1 Å². The fourth-order valence-corrected chi connectivity index (χ4v) is 2.05. The second-order valence-electron chi connectivity index (χ2n) is 4.14. The van der Waals surface area contributed by atoms with Crippen molar-refractivity contribution in [2.75, 3.05) is 13.1 Å². The van der Waals surface area contributed by atoms with E-state index in [0.29, 0.717) is 5.56 Å². The summed E-state index contributed by atoms with van der Waals surface area (Å²) in [7, 11) is 0. The molecule has 1 N–H and O–H groups in total. The van der Waals surface area contributed by atoms with E-state index in [1.54, 1.807) is 31.2 Å². The van der Waals surface area contributed by atoms with E-state index in [-0.39, 0.29) is 0 Å². The highest BCUT2D eigenvalue weighted by Crippen LogP contribution is 2.25. The fraction of sp³-hybridized carbons (Fsp3) is 0.417. The molecule has 19 heavy (non-hydrogen) atoms. The van der Waals surface area contributed by atoms with Crippen LogP contribution in [0.25, 0.3) is 0 Å². The van der Waals surface area contributed by atoms with Crippen molar-refractivity contribution in [2.45, 2.75) is 19.1 Å². The summed E-state index contributed by atoms with van der Waals surface area (Å²) in [5.41, 5.74) is 0.658. The molecule has 1 rings (SSSR count). The Balaban J connectivity index is 2.89. The van der Waals surface area contributed by atoms with Crippen molar-refractivity contribution in [3.63, 3.8) is 0 Å². The number of carboxylic acids is 1. The largest absolute Gasteiger partial charge is 0.480 e. The molecule has 0 radical (unpaired) electrons. The molecule has 1 aromatic rings. The second-order valence-corrected chi connectivity index (χ2v) is 5.39. The van der Waals surface area contributed by atoms with Gasteiger partial charge in [-0.3, -0.25) is 9.69 Å². The van der Waals surface area contributed by atoms with Crippen LogP contribution in [0.15, 0.2) is 24.3 Å². The lowest BCUT2D eigenvalue weighted by Gasteiger charge is -2.28. The van der Waals surface area contributed by atoms with Gasteiger partial charge in [0.05, 0.1) is 13.1 Å². The maximum absolute atomic E-state index is 12.5. The second kappa shape index (κ2) is 6.56. The fourth-order valence-electron chi connectivity index (χ4n) is 1.69. The van der Waals surface area contributed by atoms with Gasteiger partial charge in [0.15, 0.2) is 0 Å². The standard InChI is InChI=1S/C12H13F3INO2/c1-8(9-2-4-10(16)5-3-9)17(6-11(18)19)7-12(13,14)15/h2-5,8H,6-7H2,1H3,(H,18,19). The molecule has 0 heterocycles. The third-order valence-electron chi connectivity index (χ3n) is 2.62. The van der Waals surface area contributed by atoms with Crippen LogP contribution in [0, 0.1) is 3.57 Å². The first-order valence-electron chi connectivity index (χ1n) is 5.47. The minimum absolute atomic E-state index is 0.616. The van der Waals surface area contributed by atoms with Gasteiger partial charge in [0.1, 0.15) is 0 Å². The van der Waals surface area contributed by atoms with Crippen LogP contribution < -0.4 is 0 Å². The summed E-state index contributed by atoms with van der Waals surface area (Å²) in [5.74, 6) is -1.28. The van der Waals surface area contributed by atoms with Crippen molar-refractivity contribution >= 4 is 28.6 Å². The van der Waals surface area contributed by atoms with E-state index >= 15 is 0 Å². The summed E-state index contributed by atoms with van der Waals surface area (Å²) in [6, 6.07) is 6.35. The zero-order valence-corrected chi connectivity index (χ0v) is 12.3. The minimum atomic E-state index is -4.42. The van der Waals surface area contributed by atoms with Crippen LogP contribution >= 0.6 is 22.6 Å². The SMILES string of the molecule is CC(c1ccc(I)cc1)N(CC(=O)O)CC(F)(F)F. The minimum Gasteiger partial charge on any atom is -0.480 e. The third-order valence-corrected chi connectivity index (χ3v) is 3.34. The van der Waals surface area contributed by atoms with Crippen LogP contribution in [0.2, 0.25) is 0 Å². The highest BCUT2D eigenvalue weighted by atomic mass is 127. The third kappa shape index (κ3) is 5.77. The number of alkyl halides is 3. The van der Waals surface area contributed by atoms with E-state index < -0.39 is 31.3 Å². The summed E-state index contributed by atoms with van der Waals surface area (Å²) in [6.07, 6.45) is -4.42. The number of carbonyl (C=O) groups is 1. The molecule has 1 atom stereocenters. The molecule has 0 aliphatic rings. The lowest BCUT2D eigenvalue weighted by atomic mass is 10.1. The molecule has 0 bridgehead atoms.